The van der Waals surface area contributed by atoms with Crippen LogP contribution in [0.3, 0.4) is 0 Å². The first-order valence-corrected chi connectivity index (χ1v) is 2.93. The van der Waals surface area contributed by atoms with Gasteiger partial charge >= 0.3 is 5.97 Å². The summed E-state index contributed by atoms with van der Waals surface area (Å²) in [6.07, 6.45) is 0. The zero-order valence-corrected chi connectivity index (χ0v) is 5.26. The number of carboxylic acid groups (broad SMARTS) is 1. The van der Waals surface area contributed by atoms with Gasteiger partial charge in [-0.1, -0.05) is 0 Å². The fourth-order valence-corrected chi connectivity index (χ4v) is 0.741. The number of hydrogen-bond acceptors (Lipinski definition) is 3. The summed E-state index contributed by atoms with van der Waals surface area (Å²) >= 11 is 0. The molecule has 0 radical (unpaired) electrons. The summed E-state index contributed by atoms with van der Waals surface area (Å²) in [7, 11) is 0. The molecule has 1 fully saturated rings. The van der Waals surface area contributed by atoms with Crippen LogP contribution in [0.25, 0.3) is 0 Å². The highest BCUT2D eigenvalue weighted by Crippen LogP contribution is 1.86. The van der Waals surface area contributed by atoms with Crippen LogP contribution in [0.1, 0.15) is 0 Å². The largest absolute Gasteiger partial charge is 0.480 e. The number of piperazine rings is 1. The van der Waals surface area contributed by atoms with Gasteiger partial charge in [0.25, 0.3) is 0 Å². The lowest BCUT2D eigenvalue weighted by atomic mass is 10.2. The molecule has 1 saturated heterocycles. The molecule has 0 aromatic rings. The minimum Gasteiger partial charge on any atom is -0.480 e. The summed E-state index contributed by atoms with van der Waals surface area (Å²) in [6.45, 7) is 0.269. The van der Waals surface area contributed by atoms with Crippen molar-refractivity contribution in [3.8, 4) is 0 Å². The molecule has 1 aliphatic rings. The molecule has 1 atom stereocenters. The average molecular weight is 144 g/mol. The van der Waals surface area contributed by atoms with Crippen LogP contribution in [0, 0.1) is 0 Å². The van der Waals surface area contributed by atoms with Crippen LogP contribution in [-0.4, -0.2) is 36.1 Å². The molecule has 5 nitrogen and oxygen atoms in total. The first kappa shape index (κ1) is 7.01. The highest BCUT2D eigenvalue weighted by atomic mass is 16.4. The quantitative estimate of drug-likeness (QED) is 0.404. The van der Waals surface area contributed by atoms with Crippen molar-refractivity contribution in [2.45, 2.75) is 6.04 Å². The molecule has 1 amide bonds. The summed E-state index contributed by atoms with van der Waals surface area (Å²) < 4.78 is 0. The number of nitrogens with one attached hydrogen (secondary N) is 2. The van der Waals surface area contributed by atoms with Gasteiger partial charge in [0.1, 0.15) is 6.04 Å². The van der Waals surface area contributed by atoms with E-state index in [1.165, 1.54) is 0 Å². The normalized spacial score (nSPS) is 25.6. The third kappa shape index (κ3) is 1.44. The monoisotopic (exact) mass is 144 g/mol. The minimum absolute atomic E-state index is 0.0942. The maximum atomic E-state index is 10.5. The Morgan fingerprint density at radius 3 is 2.80 bits per heavy atom. The summed E-state index contributed by atoms with van der Waals surface area (Å²) in [5, 5.41) is 13.4. The molecule has 3 N–H and O–H groups in total. The number of aliphatic carboxylic acids is 1. The Bertz CT molecular complexity index is 158. The van der Waals surface area contributed by atoms with Crippen LogP contribution in [0.5, 0.6) is 0 Å². The summed E-state index contributed by atoms with van der Waals surface area (Å²) in [4.78, 5) is 20.7. The number of amides is 1. The molecule has 56 valence electrons. The van der Waals surface area contributed by atoms with E-state index < -0.39 is 12.0 Å². The van der Waals surface area contributed by atoms with E-state index in [-0.39, 0.29) is 19.0 Å². The third-order valence-corrected chi connectivity index (χ3v) is 1.31. The maximum absolute atomic E-state index is 10.5. The molecular formula is C5H8N2O3. The van der Waals surface area contributed by atoms with Crippen LogP contribution in [0.2, 0.25) is 0 Å². The Morgan fingerprint density at radius 1 is 1.70 bits per heavy atom. The van der Waals surface area contributed by atoms with Crippen LogP contribution in [0.4, 0.5) is 0 Å². The van der Waals surface area contributed by atoms with Gasteiger partial charge in [0.05, 0.1) is 6.54 Å². The van der Waals surface area contributed by atoms with Crippen LogP contribution in [0.15, 0.2) is 0 Å². The van der Waals surface area contributed by atoms with E-state index in [9.17, 15) is 9.59 Å². The van der Waals surface area contributed by atoms with Crippen molar-refractivity contribution in [2.24, 2.45) is 0 Å². The van der Waals surface area contributed by atoms with Crippen molar-refractivity contribution in [3.63, 3.8) is 0 Å². The molecule has 0 aromatic carbocycles. The number of rotatable bonds is 1. The number of hydrogen-bond donors (Lipinski definition) is 3. The molecule has 1 heterocycles. The zero-order chi connectivity index (χ0) is 7.56. The van der Waals surface area contributed by atoms with Crippen LogP contribution in [-0.2, 0) is 9.59 Å². The van der Waals surface area contributed by atoms with Gasteiger partial charge in [-0.25, -0.2) is 0 Å². The first-order valence-electron chi connectivity index (χ1n) is 2.93. The molecule has 1 rings (SSSR count). The van der Waals surface area contributed by atoms with Crippen molar-refractivity contribution in [2.75, 3.05) is 13.1 Å². The lowest BCUT2D eigenvalue weighted by molar-refractivity contribution is -0.140. The topological polar surface area (TPSA) is 78.4 Å². The standard InChI is InChI=1S/C5H8N2O3/c8-4-2-6-3(1-7-4)5(9)10/h3,6H,1-2H2,(H,7,8)(H,9,10)/t3-/m1/s1. The van der Waals surface area contributed by atoms with E-state index in [1.807, 2.05) is 0 Å². The van der Waals surface area contributed by atoms with Gasteiger partial charge < -0.3 is 10.4 Å². The van der Waals surface area contributed by atoms with Crippen LogP contribution < -0.4 is 10.6 Å². The fraction of sp³-hybridized carbons (Fsp3) is 0.600. The number of carbonyl (C=O) groups is 2. The lowest BCUT2D eigenvalue weighted by Crippen LogP contribution is -2.55. The second-order valence-corrected chi connectivity index (χ2v) is 2.08. The van der Waals surface area contributed by atoms with E-state index in [4.69, 9.17) is 5.11 Å². The number of carbonyl (C=O) groups excluding carboxylic acids is 1. The van der Waals surface area contributed by atoms with Crippen LogP contribution >= 0.6 is 0 Å². The molecule has 0 spiro atoms. The molecule has 10 heavy (non-hydrogen) atoms. The third-order valence-electron chi connectivity index (χ3n) is 1.31. The average Bonchev–Trinajstić information content (AvgIpc) is 1.88. The van der Waals surface area contributed by atoms with E-state index >= 15 is 0 Å². The smallest absolute Gasteiger partial charge is 0.322 e. The highest BCUT2D eigenvalue weighted by molar-refractivity contribution is 5.83. The molecular weight excluding hydrogens is 136 g/mol. The van der Waals surface area contributed by atoms with E-state index in [2.05, 4.69) is 10.6 Å². The van der Waals surface area contributed by atoms with E-state index in [0.29, 0.717) is 0 Å². The first-order chi connectivity index (χ1) is 4.70. The predicted molar refractivity (Wildman–Crippen MR) is 32.4 cm³/mol. The fourth-order valence-electron chi connectivity index (χ4n) is 0.741. The molecule has 0 unspecified atom stereocenters. The second kappa shape index (κ2) is 2.66. The Balaban J connectivity index is 2.40. The molecule has 5 heteroatoms. The summed E-state index contributed by atoms with van der Waals surface area (Å²) in [5.74, 6) is -1.09. The van der Waals surface area contributed by atoms with E-state index in [0.717, 1.165) is 0 Å². The van der Waals surface area contributed by atoms with Crippen molar-refractivity contribution < 1.29 is 14.7 Å². The Kier molecular flexibility index (Phi) is 1.86. The molecule has 0 bridgehead atoms. The Hall–Kier alpha value is -1.10. The van der Waals surface area contributed by atoms with Crippen molar-refractivity contribution in [3.05, 3.63) is 0 Å². The second-order valence-electron chi connectivity index (χ2n) is 2.08. The molecule has 0 aliphatic carbocycles. The zero-order valence-electron chi connectivity index (χ0n) is 5.26. The van der Waals surface area contributed by atoms with Gasteiger partial charge in [0.15, 0.2) is 0 Å². The van der Waals surface area contributed by atoms with Gasteiger partial charge in [0, 0.05) is 6.54 Å². The predicted octanol–water partition coefficient (Wildman–Crippen LogP) is -1.84. The van der Waals surface area contributed by atoms with E-state index in [1.54, 1.807) is 0 Å². The Morgan fingerprint density at radius 2 is 2.40 bits per heavy atom. The molecule has 0 aromatic heterocycles. The van der Waals surface area contributed by atoms with Gasteiger partial charge in [-0.3, -0.25) is 14.9 Å². The molecule has 1 aliphatic heterocycles. The van der Waals surface area contributed by atoms with Crippen molar-refractivity contribution >= 4 is 11.9 Å². The lowest BCUT2D eigenvalue weighted by Gasteiger charge is -2.19. The maximum Gasteiger partial charge on any atom is 0.322 e. The van der Waals surface area contributed by atoms with Crippen molar-refractivity contribution in [1.82, 2.24) is 10.6 Å². The highest BCUT2D eigenvalue weighted by Gasteiger charge is 2.22. The minimum atomic E-state index is -0.931. The SMILES string of the molecule is O=C1CN[C@@H](C(=O)O)CN1. The van der Waals surface area contributed by atoms with Gasteiger partial charge in [-0.2, -0.15) is 0 Å². The van der Waals surface area contributed by atoms with Gasteiger partial charge in [0.2, 0.25) is 5.91 Å². The van der Waals surface area contributed by atoms with Gasteiger partial charge in [-0.15, -0.1) is 0 Å². The number of carboxylic acids is 1. The van der Waals surface area contributed by atoms with Crippen molar-refractivity contribution in [1.29, 1.82) is 0 Å². The molecule has 0 saturated carbocycles. The van der Waals surface area contributed by atoms with Gasteiger partial charge in [-0.05, 0) is 0 Å². The Labute approximate surface area is 57.4 Å². The summed E-state index contributed by atoms with van der Waals surface area (Å²) in [5.41, 5.74) is 0. The summed E-state index contributed by atoms with van der Waals surface area (Å²) in [6, 6.07) is -0.627.